The summed E-state index contributed by atoms with van der Waals surface area (Å²) in [6.07, 6.45) is 0.0402. The number of nitro groups is 1. The van der Waals surface area contributed by atoms with Crippen LogP contribution in [0.15, 0.2) is 30.3 Å². The second-order valence-electron chi connectivity index (χ2n) is 4.48. The molecule has 0 aliphatic carbocycles. The van der Waals surface area contributed by atoms with E-state index >= 15 is 0 Å². The minimum absolute atomic E-state index is 0.0402. The Morgan fingerprint density at radius 3 is 2.67 bits per heavy atom. The molecule has 1 aliphatic heterocycles. The van der Waals surface area contributed by atoms with E-state index in [1.807, 2.05) is 30.3 Å². The number of hydrogen-bond donors (Lipinski definition) is 0. The SMILES string of the molecule is [B][C@H]1CC(=O)N(Cc2ccccc2)C[C@@H]1[N+](=O)[O-]. The summed E-state index contributed by atoms with van der Waals surface area (Å²) in [5.41, 5.74) is 0.961. The fraction of sp³-hybridized carbons (Fsp3) is 0.417. The largest absolute Gasteiger partial charge is 0.332 e. The summed E-state index contributed by atoms with van der Waals surface area (Å²) in [6, 6.07) is 8.55. The van der Waals surface area contributed by atoms with Gasteiger partial charge in [-0.3, -0.25) is 14.9 Å². The number of carbonyl (C=O) groups excluding carboxylic acids is 1. The van der Waals surface area contributed by atoms with E-state index in [1.165, 1.54) is 4.90 Å². The number of likely N-dealkylation sites (tertiary alicyclic amines) is 1. The van der Waals surface area contributed by atoms with Gasteiger partial charge in [0.2, 0.25) is 11.9 Å². The van der Waals surface area contributed by atoms with Gasteiger partial charge in [-0.25, -0.2) is 0 Å². The van der Waals surface area contributed by atoms with Crippen LogP contribution >= 0.6 is 0 Å². The van der Waals surface area contributed by atoms with Crippen LogP contribution in [0.2, 0.25) is 5.82 Å². The predicted octanol–water partition coefficient (Wildman–Crippen LogP) is 1.02. The van der Waals surface area contributed by atoms with Gasteiger partial charge in [-0.15, -0.1) is 0 Å². The van der Waals surface area contributed by atoms with Crippen molar-refractivity contribution in [2.45, 2.75) is 24.8 Å². The third-order valence-corrected chi connectivity index (χ3v) is 3.15. The van der Waals surface area contributed by atoms with Crippen LogP contribution in [0.5, 0.6) is 0 Å². The zero-order valence-electron chi connectivity index (χ0n) is 9.86. The maximum Gasteiger partial charge on any atom is 0.226 e. The molecule has 1 aromatic rings. The van der Waals surface area contributed by atoms with Crippen molar-refractivity contribution >= 4 is 13.8 Å². The van der Waals surface area contributed by atoms with Gasteiger partial charge >= 0.3 is 0 Å². The van der Waals surface area contributed by atoms with Crippen LogP contribution in [0.4, 0.5) is 0 Å². The highest BCUT2D eigenvalue weighted by Crippen LogP contribution is 2.24. The van der Waals surface area contributed by atoms with Gasteiger partial charge in [0, 0.05) is 17.9 Å². The maximum atomic E-state index is 11.8. The zero-order valence-corrected chi connectivity index (χ0v) is 9.86. The Kier molecular flexibility index (Phi) is 3.65. The molecule has 18 heavy (non-hydrogen) atoms. The Morgan fingerprint density at radius 1 is 1.39 bits per heavy atom. The lowest BCUT2D eigenvalue weighted by Crippen LogP contribution is -2.48. The number of rotatable bonds is 3. The fourth-order valence-electron chi connectivity index (χ4n) is 2.11. The van der Waals surface area contributed by atoms with Crippen molar-refractivity contribution in [2.24, 2.45) is 0 Å². The number of amides is 1. The van der Waals surface area contributed by atoms with E-state index in [-0.39, 0.29) is 18.9 Å². The van der Waals surface area contributed by atoms with E-state index in [0.29, 0.717) is 6.54 Å². The molecule has 0 unspecified atom stereocenters. The lowest BCUT2D eigenvalue weighted by atomic mass is 9.75. The number of nitrogens with zero attached hydrogens (tertiary/aromatic N) is 2. The Balaban J connectivity index is 2.08. The Morgan fingerprint density at radius 2 is 2.06 bits per heavy atom. The fourth-order valence-corrected chi connectivity index (χ4v) is 2.11. The van der Waals surface area contributed by atoms with E-state index < -0.39 is 16.8 Å². The van der Waals surface area contributed by atoms with Crippen LogP contribution in [0.1, 0.15) is 12.0 Å². The number of carbonyl (C=O) groups is 1. The van der Waals surface area contributed by atoms with Gasteiger partial charge in [0.1, 0.15) is 0 Å². The number of benzene rings is 1. The summed E-state index contributed by atoms with van der Waals surface area (Å²) < 4.78 is 0. The molecule has 1 fully saturated rings. The molecule has 2 atom stereocenters. The second kappa shape index (κ2) is 5.20. The molecule has 0 N–H and O–H groups in total. The molecule has 1 amide bonds. The molecule has 6 heteroatoms. The third-order valence-electron chi connectivity index (χ3n) is 3.15. The third kappa shape index (κ3) is 2.69. The molecule has 92 valence electrons. The minimum atomic E-state index is -0.869. The lowest BCUT2D eigenvalue weighted by Gasteiger charge is -2.32. The van der Waals surface area contributed by atoms with Crippen molar-refractivity contribution in [1.82, 2.24) is 4.90 Å². The van der Waals surface area contributed by atoms with Gasteiger partial charge in [-0.2, -0.15) is 0 Å². The van der Waals surface area contributed by atoms with Crippen LogP contribution in [-0.4, -0.2) is 36.2 Å². The summed E-state index contributed by atoms with van der Waals surface area (Å²) in [5, 5.41) is 10.9. The first kappa shape index (κ1) is 12.6. The Hall–Kier alpha value is -1.85. The van der Waals surface area contributed by atoms with Crippen LogP contribution < -0.4 is 0 Å². The predicted molar refractivity (Wildman–Crippen MR) is 66.8 cm³/mol. The topological polar surface area (TPSA) is 63.5 Å². The average Bonchev–Trinajstić information content (AvgIpc) is 2.33. The maximum absolute atomic E-state index is 11.8. The van der Waals surface area contributed by atoms with Gasteiger partial charge in [0.05, 0.1) is 14.4 Å². The van der Waals surface area contributed by atoms with Crippen molar-refractivity contribution < 1.29 is 9.72 Å². The molecule has 5 nitrogen and oxygen atoms in total. The molecule has 1 heterocycles. The smallest absolute Gasteiger partial charge is 0.226 e. The second-order valence-corrected chi connectivity index (χ2v) is 4.48. The number of piperidine rings is 1. The van der Waals surface area contributed by atoms with Gasteiger partial charge in [0.15, 0.2) is 0 Å². The monoisotopic (exact) mass is 244 g/mol. The van der Waals surface area contributed by atoms with Gasteiger partial charge in [-0.1, -0.05) is 30.3 Å². The molecule has 1 aliphatic rings. The summed E-state index contributed by atoms with van der Waals surface area (Å²) >= 11 is 0. The van der Waals surface area contributed by atoms with Crippen LogP contribution in [0, 0.1) is 10.1 Å². The van der Waals surface area contributed by atoms with E-state index in [1.54, 1.807) is 0 Å². The Bertz CT molecular complexity index is 452. The summed E-state index contributed by atoms with van der Waals surface area (Å²) in [6.45, 7) is 0.485. The Labute approximate surface area is 106 Å². The summed E-state index contributed by atoms with van der Waals surface area (Å²) in [5.74, 6) is -0.802. The molecule has 0 spiro atoms. The van der Waals surface area contributed by atoms with Crippen LogP contribution in [-0.2, 0) is 11.3 Å². The van der Waals surface area contributed by atoms with Crippen molar-refractivity contribution in [1.29, 1.82) is 0 Å². The molecule has 0 saturated carbocycles. The van der Waals surface area contributed by atoms with E-state index in [2.05, 4.69) is 0 Å². The zero-order chi connectivity index (χ0) is 13.1. The highest BCUT2D eigenvalue weighted by atomic mass is 16.6. The molecular weight excluding hydrogens is 231 g/mol. The molecule has 0 bridgehead atoms. The average molecular weight is 244 g/mol. The first-order chi connectivity index (χ1) is 8.58. The van der Waals surface area contributed by atoms with Crippen LogP contribution in [0.3, 0.4) is 0 Å². The van der Waals surface area contributed by atoms with E-state index in [4.69, 9.17) is 7.85 Å². The quantitative estimate of drug-likeness (QED) is 0.453. The van der Waals surface area contributed by atoms with Crippen molar-refractivity contribution in [3.8, 4) is 0 Å². The normalized spacial score (nSPS) is 24.0. The molecule has 1 aromatic carbocycles. The molecule has 0 aromatic heterocycles. The lowest BCUT2D eigenvalue weighted by molar-refractivity contribution is -0.524. The summed E-state index contributed by atoms with van der Waals surface area (Å²) in [7, 11) is 5.64. The molecule has 1 saturated heterocycles. The van der Waals surface area contributed by atoms with Gasteiger partial charge in [-0.05, 0) is 11.4 Å². The van der Waals surface area contributed by atoms with Crippen molar-refractivity contribution in [2.75, 3.05) is 6.54 Å². The van der Waals surface area contributed by atoms with Crippen molar-refractivity contribution in [3.05, 3.63) is 46.0 Å². The minimum Gasteiger partial charge on any atom is -0.332 e. The highest BCUT2D eigenvalue weighted by Gasteiger charge is 2.38. The standard InChI is InChI=1S/C12H13BN2O3/c13-10-6-12(16)14(8-11(10)15(17)18)7-9-4-2-1-3-5-9/h1-5,10-11H,6-8H2/t10-,11-/m0/s1. The first-order valence-electron chi connectivity index (χ1n) is 5.78. The van der Waals surface area contributed by atoms with E-state index in [9.17, 15) is 14.9 Å². The number of hydrogen-bond acceptors (Lipinski definition) is 3. The van der Waals surface area contributed by atoms with Gasteiger partial charge < -0.3 is 4.90 Å². The molecule has 2 rings (SSSR count). The highest BCUT2D eigenvalue weighted by molar-refractivity contribution is 6.14. The van der Waals surface area contributed by atoms with Crippen LogP contribution in [0.25, 0.3) is 0 Å². The molecular formula is C12H13BN2O3. The van der Waals surface area contributed by atoms with Crippen molar-refractivity contribution in [3.63, 3.8) is 0 Å². The first-order valence-corrected chi connectivity index (χ1v) is 5.78. The molecule has 2 radical (unpaired) electrons. The summed E-state index contributed by atoms with van der Waals surface area (Å²) in [4.78, 5) is 23.8. The van der Waals surface area contributed by atoms with Gasteiger partial charge in [0.25, 0.3) is 0 Å². The van der Waals surface area contributed by atoms with E-state index in [0.717, 1.165) is 5.56 Å².